The lowest BCUT2D eigenvalue weighted by Crippen LogP contribution is -2.31. The standard InChI is InChI=1S/C22H22N2O3S/c1-2-3-11-27-21(26)14-28-22-19(13-23)18(12-20(25)24-22)17-10-6-8-15-7-4-5-9-16(15)17/h4-10,18H,2-3,11-12,14H2,1H3,(H,24,25)/t18-/m1/s1. The maximum absolute atomic E-state index is 12.3. The van der Waals surface area contributed by atoms with E-state index in [4.69, 9.17) is 4.74 Å². The Morgan fingerprint density at radius 2 is 2.07 bits per heavy atom. The molecule has 3 rings (SSSR count). The average Bonchev–Trinajstić information content (AvgIpc) is 2.71. The molecule has 28 heavy (non-hydrogen) atoms. The van der Waals surface area contributed by atoms with Gasteiger partial charge in [-0.3, -0.25) is 9.59 Å². The Hall–Kier alpha value is -2.78. The summed E-state index contributed by atoms with van der Waals surface area (Å²) < 4.78 is 5.16. The molecule has 0 unspecified atom stereocenters. The summed E-state index contributed by atoms with van der Waals surface area (Å²) in [5.74, 6) is -0.765. The van der Waals surface area contributed by atoms with Crippen molar-refractivity contribution in [2.24, 2.45) is 0 Å². The predicted molar refractivity (Wildman–Crippen MR) is 110 cm³/mol. The van der Waals surface area contributed by atoms with Crippen LogP contribution < -0.4 is 5.32 Å². The van der Waals surface area contributed by atoms with Gasteiger partial charge in [-0.1, -0.05) is 67.6 Å². The van der Waals surface area contributed by atoms with Crippen LogP contribution in [0.25, 0.3) is 10.8 Å². The Kier molecular flexibility index (Phi) is 6.72. The van der Waals surface area contributed by atoms with Crippen molar-refractivity contribution in [3.8, 4) is 6.07 Å². The number of amides is 1. The van der Waals surface area contributed by atoms with Crippen molar-refractivity contribution in [2.75, 3.05) is 12.4 Å². The summed E-state index contributed by atoms with van der Waals surface area (Å²) >= 11 is 1.15. The predicted octanol–water partition coefficient (Wildman–Crippen LogP) is 4.25. The van der Waals surface area contributed by atoms with Crippen molar-refractivity contribution in [3.05, 3.63) is 58.6 Å². The molecule has 1 aliphatic heterocycles. The van der Waals surface area contributed by atoms with Crippen LogP contribution in [0.3, 0.4) is 0 Å². The zero-order valence-electron chi connectivity index (χ0n) is 15.7. The highest BCUT2D eigenvalue weighted by molar-refractivity contribution is 8.03. The fraction of sp³-hybridized carbons (Fsp3) is 0.318. The number of carbonyl (C=O) groups excluding carboxylic acids is 2. The van der Waals surface area contributed by atoms with Crippen LogP contribution in [0.4, 0.5) is 0 Å². The molecule has 1 heterocycles. The monoisotopic (exact) mass is 394 g/mol. The minimum Gasteiger partial charge on any atom is -0.465 e. The van der Waals surface area contributed by atoms with Gasteiger partial charge in [-0.15, -0.1) is 0 Å². The number of nitrogens with zero attached hydrogens (tertiary/aromatic N) is 1. The number of fused-ring (bicyclic) bond motifs is 1. The summed E-state index contributed by atoms with van der Waals surface area (Å²) in [5, 5.41) is 15.1. The van der Waals surface area contributed by atoms with E-state index in [1.807, 2.05) is 49.4 Å². The minimum atomic E-state index is -0.343. The van der Waals surface area contributed by atoms with Gasteiger partial charge in [0, 0.05) is 12.3 Å². The Morgan fingerprint density at radius 1 is 1.29 bits per heavy atom. The second-order valence-corrected chi connectivity index (χ2v) is 7.58. The number of unbranched alkanes of at least 4 members (excludes halogenated alkanes) is 1. The highest BCUT2D eigenvalue weighted by Crippen LogP contribution is 2.38. The molecule has 0 aromatic heterocycles. The lowest BCUT2D eigenvalue weighted by molar-refractivity contribution is -0.140. The van der Waals surface area contributed by atoms with E-state index < -0.39 is 0 Å². The van der Waals surface area contributed by atoms with Gasteiger partial charge in [-0.25, -0.2) is 0 Å². The van der Waals surface area contributed by atoms with Gasteiger partial charge < -0.3 is 10.1 Å². The lowest BCUT2D eigenvalue weighted by Gasteiger charge is -2.26. The quantitative estimate of drug-likeness (QED) is 0.561. The first-order valence-corrected chi connectivity index (χ1v) is 10.3. The first-order chi connectivity index (χ1) is 13.6. The number of thioether (sulfide) groups is 1. The summed E-state index contributed by atoms with van der Waals surface area (Å²) in [7, 11) is 0. The molecule has 0 spiro atoms. The summed E-state index contributed by atoms with van der Waals surface area (Å²) in [6.45, 7) is 2.42. The second kappa shape index (κ2) is 9.43. The van der Waals surface area contributed by atoms with Gasteiger partial charge in [0.05, 0.1) is 29.0 Å². The fourth-order valence-corrected chi connectivity index (χ4v) is 4.13. The van der Waals surface area contributed by atoms with Crippen molar-refractivity contribution in [3.63, 3.8) is 0 Å². The van der Waals surface area contributed by atoms with Crippen LogP contribution in [0.15, 0.2) is 53.1 Å². The van der Waals surface area contributed by atoms with Crippen LogP contribution in [0.5, 0.6) is 0 Å². The first kappa shape index (κ1) is 20.0. The number of benzene rings is 2. The molecule has 2 aromatic rings. The van der Waals surface area contributed by atoms with Crippen LogP contribution in [-0.2, 0) is 14.3 Å². The van der Waals surface area contributed by atoms with Gasteiger partial charge in [0.15, 0.2) is 0 Å². The number of ether oxygens (including phenoxy) is 1. The molecular weight excluding hydrogens is 372 g/mol. The largest absolute Gasteiger partial charge is 0.465 e. The molecule has 0 aliphatic carbocycles. The topological polar surface area (TPSA) is 79.2 Å². The minimum absolute atomic E-state index is 0.0623. The molecule has 144 valence electrons. The molecule has 0 saturated carbocycles. The molecule has 0 radical (unpaired) electrons. The van der Waals surface area contributed by atoms with E-state index >= 15 is 0 Å². The van der Waals surface area contributed by atoms with Gasteiger partial charge in [0.1, 0.15) is 0 Å². The van der Waals surface area contributed by atoms with E-state index in [9.17, 15) is 14.9 Å². The van der Waals surface area contributed by atoms with Crippen LogP contribution in [0.2, 0.25) is 0 Å². The van der Waals surface area contributed by atoms with Crippen LogP contribution in [0, 0.1) is 11.3 Å². The Balaban J connectivity index is 1.87. The van der Waals surface area contributed by atoms with E-state index in [0.717, 1.165) is 40.9 Å². The molecule has 1 amide bonds. The number of esters is 1. The zero-order valence-corrected chi connectivity index (χ0v) is 16.6. The summed E-state index contributed by atoms with van der Waals surface area (Å²) in [6, 6.07) is 16.1. The molecule has 0 fully saturated rings. The van der Waals surface area contributed by atoms with Gasteiger partial charge >= 0.3 is 5.97 Å². The molecule has 1 aliphatic rings. The number of hydrogen-bond donors (Lipinski definition) is 1. The van der Waals surface area contributed by atoms with Gasteiger partial charge in [-0.2, -0.15) is 5.26 Å². The maximum Gasteiger partial charge on any atom is 0.316 e. The van der Waals surface area contributed by atoms with Gasteiger partial charge in [0.25, 0.3) is 0 Å². The van der Waals surface area contributed by atoms with Crippen molar-refractivity contribution < 1.29 is 14.3 Å². The normalized spacial score (nSPS) is 16.6. The summed E-state index contributed by atoms with van der Waals surface area (Å²) in [5.41, 5.74) is 1.44. The van der Waals surface area contributed by atoms with Crippen molar-refractivity contribution in [2.45, 2.75) is 32.1 Å². The van der Waals surface area contributed by atoms with Crippen LogP contribution in [0.1, 0.15) is 37.7 Å². The van der Waals surface area contributed by atoms with E-state index in [-0.39, 0.29) is 30.0 Å². The van der Waals surface area contributed by atoms with Crippen LogP contribution >= 0.6 is 11.8 Å². The molecule has 1 atom stereocenters. The molecular formula is C22H22N2O3S. The van der Waals surface area contributed by atoms with Crippen molar-refractivity contribution in [1.29, 1.82) is 5.26 Å². The third kappa shape index (κ3) is 4.55. The maximum atomic E-state index is 12.3. The molecule has 5 nitrogen and oxygen atoms in total. The molecule has 2 aromatic carbocycles. The Labute approximate surface area is 168 Å². The Bertz CT molecular complexity index is 956. The third-order valence-corrected chi connectivity index (χ3v) is 5.64. The molecule has 1 N–H and O–H groups in total. The summed E-state index contributed by atoms with van der Waals surface area (Å²) in [6.07, 6.45) is 1.98. The van der Waals surface area contributed by atoms with Crippen molar-refractivity contribution in [1.82, 2.24) is 5.32 Å². The number of hydrogen-bond acceptors (Lipinski definition) is 5. The lowest BCUT2D eigenvalue weighted by atomic mass is 9.84. The number of nitriles is 1. The molecule has 0 bridgehead atoms. The third-order valence-electron chi connectivity index (χ3n) is 4.65. The highest BCUT2D eigenvalue weighted by Gasteiger charge is 2.30. The molecule has 0 saturated heterocycles. The summed E-state index contributed by atoms with van der Waals surface area (Å²) in [4.78, 5) is 24.2. The smallest absolute Gasteiger partial charge is 0.316 e. The zero-order chi connectivity index (χ0) is 19.9. The highest BCUT2D eigenvalue weighted by atomic mass is 32.2. The van der Waals surface area contributed by atoms with E-state index in [1.54, 1.807) is 0 Å². The SMILES string of the molecule is CCCCOC(=O)CSC1=C(C#N)[C@@H](c2cccc3ccccc23)CC(=O)N1. The fourth-order valence-electron chi connectivity index (χ4n) is 3.26. The van der Waals surface area contributed by atoms with Crippen LogP contribution in [-0.4, -0.2) is 24.2 Å². The number of allylic oxidation sites excluding steroid dienone is 1. The number of carbonyl (C=O) groups is 2. The number of rotatable bonds is 7. The van der Waals surface area contributed by atoms with E-state index in [2.05, 4.69) is 11.4 Å². The number of nitrogens with one attached hydrogen (secondary N) is 1. The average molecular weight is 394 g/mol. The second-order valence-electron chi connectivity index (χ2n) is 6.59. The van der Waals surface area contributed by atoms with E-state index in [1.165, 1.54) is 0 Å². The molecule has 6 heteroatoms. The Morgan fingerprint density at radius 3 is 2.86 bits per heavy atom. The van der Waals surface area contributed by atoms with E-state index in [0.29, 0.717) is 17.2 Å². The van der Waals surface area contributed by atoms with Gasteiger partial charge in [0.2, 0.25) is 5.91 Å². The van der Waals surface area contributed by atoms with Crippen molar-refractivity contribution >= 4 is 34.4 Å². The van der Waals surface area contributed by atoms with Gasteiger partial charge in [-0.05, 0) is 22.8 Å². The first-order valence-electron chi connectivity index (χ1n) is 9.34.